The quantitative estimate of drug-likeness (QED) is 0.416. The van der Waals surface area contributed by atoms with Crippen molar-refractivity contribution < 1.29 is 18.0 Å². The number of thiocarbonyl (C=S) groups is 1. The third kappa shape index (κ3) is 5.65. The number of anilines is 2. The van der Waals surface area contributed by atoms with Crippen molar-refractivity contribution in [2.75, 3.05) is 10.2 Å². The van der Waals surface area contributed by atoms with Crippen LogP contribution in [-0.2, 0) is 11.0 Å². The normalized spacial score (nSPS) is 14.8. The summed E-state index contributed by atoms with van der Waals surface area (Å²) in [5, 5.41) is 12.1. The van der Waals surface area contributed by atoms with Crippen LogP contribution in [0.5, 0.6) is 0 Å². The highest BCUT2D eigenvalue weighted by Gasteiger charge is 2.36. The SMILES string of the molecule is Cc1ccc(NC(=S)N(C(=O)C2CCCCCC2)c2ccc(C#N)c(C(F)(F)F)c2)cc1. The first-order valence-electron chi connectivity index (χ1n) is 10.5. The van der Waals surface area contributed by atoms with Gasteiger partial charge in [0.2, 0.25) is 5.91 Å². The molecule has 1 amide bonds. The lowest BCUT2D eigenvalue weighted by Crippen LogP contribution is -2.43. The lowest BCUT2D eigenvalue weighted by molar-refractivity contribution is -0.137. The van der Waals surface area contributed by atoms with E-state index in [0.717, 1.165) is 48.3 Å². The second-order valence-corrected chi connectivity index (χ2v) is 8.38. The van der Waals surface area contributed by atoms with Gasteiger partial charge in [0.15, 0.2) is 5.11 Å². The average Bonchev–Trinajstić information content (AvgIpc) is 3.04. The first-order valence-corrected chi connectivity index (χ1v) is 10.9. The van der Waals surface area contributed by atoms with Gasteiger partial charge in [-0.25, -0.2) is 0 Å². The molecule has 4 nitrogen and oxygen atoms in total. The van der Waals surface area contributed by atoms with E-state index < -0.39 is 17.3 Å². The number of benzene rings is 2. The summed E-state index contributed by atoms with van der Waals surface area (Å²) in [5.74, 6) is -0.644. The molecule has 3 rings (SSSR count). The molecule has 168 valence electrons. The Morgan fingerprint density at radius 2 is 1.72 bits per heavy atom. The molecule has 1 fully saturated rings. The van der Waals surface area contributed by atoms with E-state index in [0.29, 0.717) is 18.5 Å². The third-order valence-electron chi connectivity index (χ3n) is 5.62. The molecule has 1 aliphatic carbocycles. The van der Waals surface area contributed by atoms with Crippen molar-refractivity contribution in [2.45, 2.75) is 51.6 Å². The summed E-state index contributed by atoms with van der Waals surface area (Å²) < 4.78 is 40.7. The van der Waals surface area contributed by atoms with Crippen molar-refractivity contribution in [3.05, 3.63) is 59.2 Å². The van der Waals surface area contributed by atoms with Gasteiger partial charge >= 0.3 is 6.18 Å². The summed E-state index contributed by atoms with van der Waals surface area (Å²) in [7, 11) is 0. The summed E-state index contributed by atoms with van der Waals surface area (Å²) in [6.45, 7) is 1.93. The Bertz CT molecular complexity index is 1020. The van der Waals surface area contributed by atoms with E-state index in [1.54, 1.807) is 18.2 Å². The van der Waals surface area contributed by atoms with E-state index in [2.05, 4.69) is 5.32 Å². The molecule has 8 heteroatoms. The molecular weight excluding hydrogens is 435 g/mol. The summed E-state index contributed by atoms with van der Waals surface area (Å²) in [5.41, 5.74) is 0.0729. The Labute approximate surface area is 191 Å². The minimum Gasteiger partial charge on any atom is -0.332 e. The molecule has 2 aromatic carbocycles. The van der Waals surface area contributed by atoms with Gasteiger partial charge in [0.25, 0.3) is 0 Å². The van der Waals surface area contributed by atoms with Crippen LogP contribution in [0.25, 0.3) is 0 Å². The number of carbonyl (C=O) groups excluding carboxylic acids is 1. The molecule has 0 saturated heterocycles. The van der Waals surface area contributed by atoms with Crippen LogP contribution < -0.4 is 10.2 Å². The number of nitrogens with one attached hydrogen (secondary N) is 1. The average molecular weight is 460 g/mol. The van der Waals surface area contributed by atoms with E-state index >= 15 is 0 Å². The number of rotatable bonds is 3. The van der Waals surface area contributed by atoms with Crippen LogP contribution in [0.4, 0.5) is 24.5 Å². The topological polar surface area (TPSA) is 56.1 Å². The lowest BCUT2D eigenvalue weighted by Gasteiger charge is -2.28. The van der Waals surface area contributed by atoms with Gasteiger partial charge in [-0.3, -0.25) is 9.69 Å². The van der Waals surface area contributed by atoms with Gasteiger partial charge in [-0.2, -0.15) is 18.4 Å². The maximum Gasteiger partial charge on any atom is 0.417 e. The van der Waals surface area contributed by atoms with Gasteiger partial charge in [0.05, 0.1) is 22.9 Å². The molecule has 0 unspecified atom stereocenters. The number of nitrogens with zero attached hydrogens (tertiary/aromatic N) is 2. The highest BCUT2D eigenvalue weighted by Crippen LogP contribution is 2.35. The second kappa shape index (κ2) is 10.1. The fraction of sp³-hybridized carbons (Fsp3) is 0.375. The number of hydrogen-bond acceptors (Lipinski definition) is 3. The first-order chi connectivity index (χ1) is 15.2. The molecule has 0 radical (unpaired) electrons. The fourth-order valence-corrected chi connectivity index (χ4v) is 4.19. The van der Waals surface area contributed by atoms with Crippen molar-refractivity contribution in [2.24, 2.45) is 5.92 Å². The Morgan fingerprint density at radius 1 is 1.09 bits per heavy atom. The van der Waals surface area contributed by atoms with Crippen molar-refractivity contribution in [3.8, 4) is 6.07 Å². The number of amides is 1. The Balaban J connectivity index is 2.01. The molecule has 0 aliphatic heterocycles. The minimum absolute atomic E-state index is 0.000863. The highest BCUT2D eigenvalue weighted by molar-refractivity contribution is 7.80. The smallest absolute Gasteiger partial charge is 0.332 e. The van der Waals surface area contributed by atoms with Gasteiger partial charge in [0, 0.05) is 11.6 Å². The number of aryl methyl sites for hydroxylation is 1. The lowest BCUT2D eigenvalue weighted by atomic mass is 9.98. The maximum atomic E-state index is 13.6. The maximum absolute atomic E-state index is 13.6. The van der Waals surface area contributed by atoms with E-state index in [1.807, 2.05) is 19.1 Å². The number of carbonyl (C=O) groups is 1. The predicted octanol–water partition coefficient (Wildman–Crippen LogP) is 6.59. The van der Waals surface area contributed by atoms with E-state index in [4.69, 9.17) is 17.5 Å². The molecule has 2 aromatic rings. The van der Waals surface area contributed by atoms with Gasteiger partial charge in [-0.1, -0.05) is 43.4 Å². The van der Waals surface area contributed by atoms with Crippen molar-refractivity contribution in [1.82, 2.24) is 0 Å². The van der Waals surface area contributed by atoms with Crippen LogP contribution in [-0.4, -0.2) is 11.0 Å². The van der Waals surface area contributed by atoms with Crippen LogP contribution >= 0.6 is 12.2 Å². The van der Waals surface area contributed by atoms with Crippen molar-refractivity contribution in [3.63, 3.8) is 0 Å². The number of halogens is 3. The van der Waals surface area contributed by atoms with Crippen molar-refractivity contribution >= 4 is 34.6 Å². The molecule has 0 spiro atoms. The largest absolute Gasteiger partial charge is 0.417 e. The third-order valence-corrected chi connectivity index (χ3v) is 5.90. The Hall–Kier alpha value is -2.92. The zero-order valence-electron chi connectivity index (χ0n) is 17.7. The highest BCUT2D eigenvalue weighted by atomic mass is 32.1. The number of alkyl halides is 3. The van der Waals surface area contributed by atoms with Gasteiger partial charge in [-0.05, 0) is 62.3 Å². The van der Waals surface area contributed by atoms with Crippen molar-refractivity contribution in [1.29, 1.82) is 5.26 Å². The van der Waals surface area contributed by atoms with E-state index in [-0.39, 0.29) is 22.6 Å². The van der Waals surface area contributed by atoms with E-state index in [9.17, 15) is 18.0 Å². The molecule has 0 aromatic heterocycles. The summed E-state index contributed by atoms with van der Waals surface area (Å²) in [6.07, 6.45) is 0.461. The minimum atomic E-state index is -4.73. The van der Waals surface area contributed by atoms with Crippen LogP contribution in [0, 0.1) is 24.2 Å². The predicted molar refractivity (Wildman–Crippen MR) is 122 cm³/mol. The first kappa shape index (κ1) is 23.7. The van der Waals surface area contributed by atoms with Gasteiger partial charge in [0.1, 0.15) is 0 Å². The van der Waals surface area contributed by atoms with E-state index in [1.165, 1.54) is 6.07 Å². The monoisotopic (exact) mass is 459 g/mol. The van der Waals surface area contributed by atoms with Crippen LogP contribution in [0.1, 0.15) is 55.2 Å². The van der Waals surface area contributed by atoms with Gasteiger partial charge in [-0.15, -0.1) is 0 Å². The summed E-state index contributed by atoms with van der Waals surface area (Å²) in [6, 6.07) is 12.1. The fourth-order valence-electron chi connectivity index (χ4n) is 3.87. The molecule has 1 saturated carbocycles. The summed E-state index contributed by atoms with van der Waals surface area (Å²) in [4.78, 5) is 14.7. The second-order valence-electron chi connectivity index (χ2n) is 8.00. The Morgan fingerprint density at radius 3 is 2.28 bits per heavy atom. The standard InChI is InChI=1S/C24H24F3N3OS/c1-16-8-11-19(12-9-16)29-23(32)30(22(31)17-6-4-2-3-5-7-17)20-13-10-18(15-28)21(14-20)24(25,26)27/h8-14,17H,2-7H2,1H3,(H,29,32). The van der Waals surface area contributed by atoms with Crippen LogP contribution in [0.15, 0.2) is 42.5 Å². The van der Waals surface area contributed by atoms with Crippen LogP contribution in [0.3, 0.4) is 0 Å². The van der Waals surface area contributed by atoms with Gasteiger partial charge < -0.3 is 5.32 Å². The molecule has 32 heavy (non-hydrogen) atoms. The molecular formula is C24H24F3N3OS. The Kier molecular flexibility index (Phi) is 7.52. The molecule has 0 atom stereocenters. The number of nitriles is 1. The zero-order valence-corrected chi connectivity index (χ0v) is 18.5. The molecule has 1 N–H and O–H groups in total. The molecule has 1 aliphatic rings. The molecule has 0 heterocycles. The van der Waals surface area contributed by atoms with Crippen LogP contribution in [0.2, 0.25) is 0 Å². The summed E-state index contributed by atoms with van der Waals surface area (Å²) >= 11 is 5.50. The zero-order chi connectivity index (χ0) is 23.3. The number of hydrogen-bond donors (Lipinski definition) is 1. The molecule has 0 bridgehead atoms.